The number of piperidine rings is 1. The second-order valence-corrected chi connectivity index (χ2v) is 9.15. The Morgan fingerprint density at radius 2 is 1.66 bits per heavy atom. The van der Waals surface area contributed by atoms with Gasteiger partial charge in [-0.15, -0.1) is 0 Å². The van der Waals surface area contributed by atoms with Gasteiger partial charge in [-0.3, -0.25) is 9.59 Å². The second kappa shape index (κ2) is 11.3. The van der Waals surface area contributed by atoms with Crippen molar-refractivity contribution in [3.63, 3.8) is 0 Å². The van der Waals surface area contributed by atoms with Crippen LogP contribution in [0.2, 0.25) is 0 Å². The van der Waals surface area contributed by atoms with Crippen LogP contribution >= 0.6 is 0 Å². The Bertz CT molecular complexity index is 885. The first-order valence-electron chi connectivity index (χ1n) is 11.8. The van der Waals surface area contributed by atoms with Gasteiger partial charge < -0.3 is 10.2 Å². The summed E-state index contributed by atoms with van der Waals surface area (Å²) < 4.78 is 13.1. The summed E-state index contributed by atoms with van der Waals surface area (Å²) in [6.07, 6.45) is 4.73. The Morgan fingerprint density at radius 3 is 2.22 bits per heavy atom. The Balaban J connectivity index is 1.56. The predicted octanol–water partition coefficient (Wildman–Crippen LogP) is 5.53. The Kier molecular flexibility index (Phi) is 8.43. The number of amides is 2. The molecule has 1 fully saturated rings. The number of hydrogen-bond donors (Lipinski definition) is 1. The molecule has 32 heavy (non-hydrogen) atoms. The molecule has 0 saturated carbocycles. The summed E-state index contributed by atoms with van der Waals surface area (Å²) in [7, 11) is 0. The van der Waals surface area contributed by atoms with Gasteiger partial charge in [0.25, 0.3) is 5.91 Å². The van der Waals surface area contributed by atoms with E-state index in [0.29, 0.717) is 31.5 Å². The number of benzene rings is 2. The van der Waals surface area contributed by atoms with Gasteiger partial charge >= 0.3 is 0 Å². The van der Waals surface area contributed by atoms with Gasteiger partial charge in [0.15, 0.2) is 0 Å². The van der Waals surface area contributed by atoms with E-state index < -0.39 is 0 Å². The normalized spacial score (nSPS) is 15.6. The molecule has 4 nitrogen and oxygen atoms in total. The summed E-state index contributed by atoms with van der Waals surface area (Å²) in [5.74, 6) is -0.218. The van der Waals surface area contributed by atoms with E-state index in [9.17, 15) is 14.0 Å². The van der Waals surface area contributed by atoms with Crippen LogP contribution in [0.3, 0.4) is 0 Å². The van der Waals surface area contributed by atoms with Gasteiger partial charge in [-0.2, -0.15) is 0 Å². The van der Waals surface area contributed by atoms with Crippen molar-refractivity contribution in [3.05, 3.63) is 71.0 Å². The fourth-order valence-corrected chi connectivity index (χ4v) is 4.30. The van der Waals surface area contributed by atoms with Crippen LogP contribution in [0.4, 0.5) is 4.39 Å². The maximum Gasteiger partial charge on any atom is 0.253 e. The molecule has 5 heteroatoms. The van der Waals surface area contributed by atoms with Crippen LogP contribution in [-0.2, 0) is 11.2 Å². The Labute approximate surface area is 191 Å². The number of rotatable bonds is 8. The number of hydrogen-bond acceptors (Lipinski definition) is 2. The zero-order valence-electron chi connectivity index (χ0n) is 19.4. The van der Waals surface area contributed by atoms with Crippen molar-refractivity contribution < 1.29 is 14.0 Å². The van der Waals surface area contributed by atoms with Crippen LogP contribution < -0.4 is 5.32 Å². The van der Waals surface area contributed by atoms with Crippen LogP contribution in [0, 0.1) is 17.7 Å². The van der Waals surface area contributed by atoms with Gasteiger partial charge in [0.1, 0.15) is 5.82 Å². The SMILES string of the molecule is CCCCc1ccc(C(NC(=O)C2CCN(C(=O)c3ccc(F)cc3)CC2)C(C)C)cc1. The summed E-state index contributed by atoms with van der Waals surface area (Å²) in [4.78, 5) is 27.4. The van der Waals surface area contributed by atoms with E-state index >= 15 is 0 Å². The zero-order valence-corrected chi connectivity index (χ0v) is 19.4. The first-order chi connectivity index (χ1) is 15.4. The minimum Gasteiger partial charge on any atom is -0.349 e. The van der Waals surface area contributed by atoms with Crippen LogP contribution in [-0.4, -0.2) is 29.8 Å². The van der Waals surface area contributed by atoms with Crippen LogP contribution in [0.15, 0.2) is 48.5 Å². The van der Waals surface area contributed by atoms with E-state index in [1.807, 2.05) is 0 Å². The molecule has 1 aliphatic heterocycles. The fourth-order valence-electron chi connectivity index (χ4n) is 4.30. The molecule has 1 aliphatic rings. The maximum atomic E-state index is 13.1. The number of carbonyl (C=O) groups excluding carboxylic acids is 2. The first-order valence-corrected chi connectivity index (χ1v) is 11.8. The number of halogens is 1. The predicted molar refractivity (Wildman–Crippen MR) is 126 cm³/mol. The van der Waals surface area contributed by atoms with E-state index in [2.05, 4.69) is 50.4 Å². The van der Waals surface area contributed by atoms with Crippen molar-refractivity contribution in [2.45, 2.75) is 58.9 Å². The average Bonchev–Trinajstić information content (AvgIpc) is 2.81. The second-order valence-electron chi connectivity index (χ2n) is 9.15. The summed E-state index contributed by atoms with van der Waals surface area (Å²) >= 11 is 0. The third-order valence-corrected chi connectivity index (χ3v) is 6.37. The summed E-state index contributed by atoms with van der Waals surface area (Å²) in [5.41, 5.74) is 2.96. The number of nitrogens with one attached hydrogen (secondary N) is 1. The zero-order chi connectivity index (χ0) is 23.1. The topological polar surface area (TPSA) is 49.4 Å². The molecule has 2 amide bonds. The van der Waals surface area contributed by atoms with Gasteiger partial charge in [0.05, 0.1) is 6.04 Å². The van der Waals surface area contributed by atoms with Crippen LogP contribution in [0.1, 0.15) is 74.0 Å². The smallest absolute Gasteiger partial charge is 0.253 e. The number of nitrogens with zero attached hydrogens (tertiary/aromatic N) is 1. The van der Waals surface area contributed by atoms with E-state index in [1.165, 1.54) is 42.7 Å². The largest absolute Gasteiger partial charge is 0.349 e. The van der Waals surface area contributed by atoms with Crippen LogP contribution in [0.25, 0.3) is 0 Å². The highest BCUT2D eigenvalue weighted by molar-refractivity contribution is 5.94. The molecule has 1 atom stereocenters. The molecule has 0 aliphatic carbocycles. The Hall–Kier alpha value is -2.69. The summed E-state index contributed by atoms with van der Waals surface area (Å²) in [6.45, 7) is 7.52. The highest BCUT2D eigenvalue weighted by Gasteiger charge is 2.29. The molecule has 172 valence electrons. The molecule has 1 heterocycles. The number of aryl methyl sites for hydroxylation is 1. The maximum absolute atomic E-state index is 13.1. The van der Waals surface area contributed by atoms with Gasteiger partial charge in [0.2, 0.25) is 5.91 Å². The molecule has 1 unspecified atom stereocenters. The number of carbonyl (C=O) groups is 2. The summed E-state index contributed by atoms with van der Waals surface area (Å²) in [5, 5.41) is 3.26. The molecule has 1 saturated heterocycles. The molecular formula is C27H35FN2O2. The monoisotopic (exact) mass is 438 g/mol. The van der Waals surface area contributed by atoms with Gasteiger partial charge in [0, 0.05) is 24.6 Å². The van der Waals surface area contributed by atoms with Crippen molar-refractivity contribution in [1.82, 2.24) is 10.2 Å². The van der Waals surface area contributed by atoms with Crippen LogP contribution in [0.5, 0.6) is 0 Å². The highest BCUT2D eigenvalue weighted by atomic mass is 19.1. The van der Waals surface area contributed by atoms with E-state index in [-0.39, 0.29) is 35.5 Å². The Morgan fingerprint density at radius 1 is 1.03 bits per heavy atom. The van der Waals surface area contributed by atoms with Gasteiger partial charge in [-0.25, -0.2) is 4.39 Å². The van der Waals surface area contributed by atoms with Crippen molar-refractivity contribution in [2.24, 2.45) is 11.8 Å². The lowest BCUT2D eigenvalue weighted by molar-refractivity contribution is -0.127. The van der Waals surface area contributed by atoms with E-state index in [1.54, 1.807) is 4.90 Å². The van der Waals surface area contributed by atoms with Gasteiger partial charge in [-0.1, -0.05) is 51.5 Å². The van der Waals surface area contributed by atoms with E-state index in [0.717, 1.165) is 12.0 Å². The quantitative estimate of drug-likeness (QED) is 0.589. The lowest BCUT2D eigenvalue weighted by Gasteiger charge is -2.33. The lowest BCUT2D eigenvalue weighted by Crippen LogP contribution is -2.44. The van der Waals surface area contributed by atoms with Crippen molar-refractivity contribution in [3.8, 4) is 0 Å². The highest BCUT2D eigenvalue weighted by Crippen LogP contribution is 2.25. The average molecular weight is 439 g/mol. The third kappa shape index (κ3) is 6.18. The summed E-state index contributed by atoms with van der Waals surface area (Å²) in [6, 6.07) is 14.2. The van der Waals surface area contributed by atoms with Crippen molar-refractivity contribution >= 4 is 11.8 Å². The minimum absolute atomic E-state index is 0.0263. The molecule has 2 aromatic rings. The molecule has 0 radical (unpaired) electrons. The van der Waals surface area contributed by atoms with E-state index in [4.69, 9.17) is 0 Å². The molecule has 2 aromatic carbocycles. The molecule has 1 N–H and O–H groups in total. The number of unbranched alkanes of at least 4 members (excludes halogenated alkanes) is 1. The van der Waals surface area contributed by atoms with Gasteiger partial charge in [-0.05, 0) is 67.0 Å². The molecule has 0 spiro atoms. The molecule has 3 rings (SSSR count). The standard InChI is InChI=1S/C27H35FN2O2/c1-4-5-6-20-7-9-21(10-8-20)25(19(2)3)29-26(31)22-15-17-30(18-16-22)27(32)23-11-13-24(28)14-12-23/h7-14,19,22,25H,4-6,15-18H2,1-3H3,(H,29,31). The minimum atomic E-state index is -0.354. The van der Waals surface area contributed by atoms with Crippen molar-refractivity contribution in [1.29, 1.82) is 0 Å². The molecule has 0 bridgehead atoms. The first kappa shape index (κ1) is 24.0. The fraction of sp³-hybridized carbons (Fsp3) is 0.481. The van der Waals surface area contributed by atoms with Crippen molar-refractivity contribution in [2.75, 3.05) is 13.1 Å². The molecule has 0 aromatic heterocycles. The third-order valence-electron chi connectivity index (χ3n) is 6.37. The lowest BCUT2D eigenvalue weighted by atomic mass is 9.91. The molecular weight excluding hydrogens is 403 g/mol. The number of likely N-dealkylation sites (tertiary alicyclic amines) is 1.